The fraction of sp³-hybridized carbons (Fsp3) is 0.373. The number of hydrogen-bond acceptors (Lipinski definition) is 5. The number of hydrogen-bond donors (Lipinski definition) is 2. The van der Waals surface area contributed by atoms with Gasteiger partial charge in [-0.3, -0.25) is 0 Å². The zero-order valence-electron chi connectivity index (χ0n) is 35.5. The lowest BCUT2D eigenvalue weighted by Crippen LogP contribution is -2.09. The van der Waals surface area contributed by atoms with Crippen molar-refractivity contribution in [3.05, 3.63) is 124 Å². The minimum Gasteiger partial charge on any atom is -0.426 e. The van der Waals surface area contributed by atoms with Crippen molar-refractivity contribution >= 4 is 40.0 Å². The number of aryl methyl sites for hydroxylation is 7. The molecule has 0 aliphatic rings. The first-order valence-corrected chi connectivity index (χ1v) is 24.1. The maximum absolute atomic E-state index is 15.4. The maximum atomic E-state index is 15.4. The van der Waals surface area contributed by atoms with E-state index < -0.39 is 18.4 Å². The summed E-state index contributed by atoms with van der Waals surface area (Å²) >= 11 is 0. The smallest absolute Gasteiger partial charge is 0.391 e. The highest BCUT2D eigenvalue weighted by molar-refractivity contribution is 7.91. The van der Waals surface area contributed by atoms with E-state index in [0.717, 1.165) is 121 Å². The van der Waals surface area contributed by atoms with E-state index >= 15 is 8.42 Å². The summed E-state index contributed by atoms with van der Waals surface area (Å²) < 4.78 is 36.5. The van der Waals surface area contributed by atoms with Crippen LogP contribution in [0.5, 0.6) is 5.75 Å². The normalized spacial score (nSPS) is 12.0. The summed E-state index contributed by atoms with van der Waals surface area (Å²) in [7, 11) is -7.23. The van der Waals surface area contributed by atoms with Gasteiger partial charge in [-0.25, -0.2) is 8.42 Å². The van der Waals surface area contributed by atoms with Gasteiger partial charge in [0.1, 0.15) is 10.6 Å². The number of fused-ring (bicyclic) bond motifs is 2. The Hall–Kier alpha value is -4.06. The molecule has 0 fully saturated rings. The van der Waals surface area contributed by atoms with Gasteiger partial charge in [0.05, 0.1) is 4.90 Å². The van der Waals surface area contributed by atoms with Gasteiger partial charge < -0.3 is 14.3 Å². The Morgan fingerprint density at radius 2 is 0.983 bits per heavy atom. The van der Waals surface area contributed by atoms with Crippen LogP contribution < -0.4 is 4.52 Å². The molecule has 0 heterocycles. The van der Waals surface area contributed by atoms with Crippen LogP contribution in [0.1, 0.15) is 119 Å². The van der Waals surface area contributed by atoms with Gasteiger partial charge in [-0.05, 0) is 153 Å². The molecule has 0 saturated carbocycles. The predicted molar refractivity (Wildman–Crippen MR) is 245 cm³/mol. The second-order valence-corrected chi connectivity index (χ2v) is 18.5. The number of sulfone groups is 1. The van der Waals surface area contributed by atoms with Crippen molar-refractivity contribution < 1.29 is 22.7 Å². The third-order valence-corrected chi connectivity index (χ3v) is 13.5. The highest BCUT2D eigenvalue weighted by atomic mass is 32.2. The Morgan fingerprint density at radius 1 is 0.517 bits per heavy atom. The molecule has 6 aromatic rings. The summed E-state index contributed by atoms with van der Waals surface area (Å²) in [6.45, 7) is 15.1. The van der Waals surface area contributed by atoms with Crippen LogP contribution in [0.15, 0.2) is 94.7 Å². The SMILES string of the molecule is CCCc1cc(CCC)c2cc(-c3ccc(OP(O)O)c(S(=O)(=O)c4ccc(C)cc4)c3-c3cc4c(CCC)cc(CCC)cc4cc3CCC)c(CCC)cc2c1. The molecule has 2 N–H and O–H groups in total. The lowest BCUT2D eigenvalue weighted by atomic mass is 9.83. The summed E-state index contributed by atoms with van der Waals surface area (Å²) in [5, 5.41) is 4.67. The minimum absolute atomic E-state index is 0.0459. The standard InChI is InChI=1S/C51H61O5PS/c1-8-14-35-26-37(16-10-3)45-32-47(39(18-12-5)30-41(45)28-35)44-24-25-49(56-57(52)53)51(58(54,55)43-22-20-34(7)21-23-43)50(44)48-33-46-38(17-11-4)27-36(15-9-2)29-42(46)31-40(48)19-13-6/h20-33,52-53H,8-19H2,1-7H3. The van der Waals surface area contributed by atoms with E-state index in [1.165, 1.54) is 33.0 Å². The first-order chi connectivity index (χ1) is 28.0. The molecule has 6 rings (SSSR count). The topological polar surface area (TPSA) is 83.8 Å². The highest BCUT2D eigenvalue weighted by Crippen LogP contribution is 2.50. The van der Waals surface area contributed by atoms with Crippen LogP contribution in [0.4, 0.5) is 0 Å². The quantitative estimate of drug-likeness (QED) is 0.0844. The summed E-state index contributed by atoms with van der Waals surface area (Å²) in [4.78, 5) is 20.8. The van der Waals surface area contributed by atoms with Crippen LogP contribution in [0.25, 0.3) is 43.8 Å². The molecule has 0 saturated heterocycles. The fourth-order valence-corrected chi connectivity index (χ4v) is 10.8. The third kappa shape index (κ3) is 9.21. The van der Waals surface area contributed by atoms with Crippen molar-refractivity contribution in [2.75, 3.05) is 0 Å². The van der Waals surface area contributed by atoms with Crippen LogP contribution in [-0.4, -0.2) is 18.2 Å². The molecular weight excluding hydrogens is 756 g/mol. The molecule has 6 aromatic carbocycles. The van der Waals surface area contributed by atoms with Crippen LogP contribution in [0.2, 0.25) is 0 Å². The Bertz CT molecular complexity index is 2500. The van der Waals surface area contributed by atoms with Crippen LogP contribution in [0, 0.1) is 6.92 Å². The van der Waals surface area contributed by atoms with Gasteiger partial charge in [0, 0.05) is 5.56 Å². The number of benzene rings is 6. The molecule has 5 nitrogen and oxygen atoms in total. The molecule has 0 atom stereocenters. The van der Waals surface area contributed by atoms with Crippen LogP contribution in [-0.2, 0) is 48.4 Å². The second-order valence-electron chi connectivity index (χ2n) is 15.9. The van der Waals surface area contributed by atoms with Crippen molar-refractivity contribution in [3.8, 4) is 28.0 Å². The van der Waals surface area contributed by atoms with Crippen LogP contribution >= 0.6 is 8.60 Å². The molecule has 0 aliphatic heterocycles. The van der Waals surface area contributed by atoms with E-state index in [1.807, 2.05) is 13.0 Å². The van der Waals surface area contributed by atoms with Gasteiger partial charge in [0.15, 0.2) is 0 Å². The van der Waals surface area contributed by atoms with E-state index in [2.05, 4.69) is 90.1 Å². The second kappa shape index (κ2) is 19.3. The van der Waals surface area contributed by atoms with Gasteiger partial charge >= 0.3 is 8.60 Å². The molecule has 0 bridgehead atoms. The zero-order chi connectivity index (χ0) is 41.6. The van der Waals surface area contributed by atoms with Crippen molar-refractivity contribution in [3.63, 3.8) is 0 Å². The van der Waals surface area contributed by atoms with Crippen molar-refractivity contribution in [2.24, 2.45) is 0 Å². The molecule has 0 aliphatic carbocycles. The molecule has 7 heteroatoms. The molecule has 58 heavy (non-hydrogen) atoms. The average molecular weight is 817 g/mol. The molecule has 0 aromatic heterocycles. The first kappa shape index (κ1) is 43.5. The molecule has 0 radical (unpaired) electrons. The van der Waals surface area contributed by atoms with Crippen molar-refractivity contribution in [1.29, 1.82) is 0 Å². The Balaban J connectivity index is 1.84. The molecule has 0 unspecified atom stereocenters. The summed E-state index contributed by atoms with van der Waals surface area (Å²) in [6.07, 6.45) is 11.3. The van der Waals surface area contributed by atoms with Crippen molar-refractivity contribution in [2.45, 2.75) is 135 Å². The lowest BCUT2D eigenvalue weighted by Gasteiger charge is -2.24. The van der Waals surface area contributed by atoms with Gasteiger partial charge in [0.25, 0.3) is 0 Å². The zero-order valence-corrected chi connectivity index (χ0v) is 37.3. The summed E-state index contributed by atoms with van der Waals surface area (Å²) in [5.41, 5.74) is 11.5. The van der Waals surface area contributed by atoms with E-state index in [-0.39, 0.29) is 15.5 Å². The van der Waals surface area contributed by atoms with E-state index in [4.69, 9.17) is 4.52 Å². The first-order valence-electron chi connectivity index (χ1n) is 21.5. The van der Waals surface area contributed by atoms with E-state index in [0.29, 0.717) is 5.56 Å². The Labute approximate surface area is 348 Å². The lowest BCUT2D eigenvalue weighted by molar-refractivity contribution is 0.371. The molecule has 0 amide bonds. The highest BCUT2D eigenvalue weighted by Gasteiger charge is 2.32. The number of rotatable bonds is 18. The third-order valence-electron chi connectivity index (χ3n) is 11.3. The average Bonchev–Trinajstić information content (AvgIpc) is 3.18. The largest absolute Gasteiger partial charge is 0.426 e. The molecule has 306 valence electrons. The monoisotopic (exact) mass is 816 g/mol. The molecular formula is C51H61O5PS. The maximum Gasteiger partial charge on any atom is 0.391 e. The van der Waals surface area contributed by atoms with E-state index in [9.17, 15) is 9.79 Å². The van der Waals surface area contributed by atoms with E-state index in [1.54, 1.807) is 30.3 Å². The Morgan fingerprint density at radius 3 is 1.47 bits per heavy atom. The summed E-state index contributed by atoms with van der Waals surface area (Å²) in [5.74, 6) is -0.0706. The van der Waals surface area contributed by atoms with Crippen molar-refractivity contribution in [1.82, 2.24) is 0 Å². The summed E-state index contributed by atoms with van der Waals surface area (Å²) in [6, 6.07) is 28.9. The van der Waals surface area contributed by atoms with Gasteiger partial charge in [-0.1, -0.05) is 134 Å². The minimum atomic E-state index is -4.29. The van der Waals surface area contributed by atoms with Crippen LogP contribution in [0.3, 0.4) is 0 Å². The predicted octanol–water partition coefficient (Wildman–Crippen LogP) is 13.8. The fourth-order valence-electron chi connectivity index (χ4n) is 8.78. The van der Waals surface area contributed by atoms with Gasteiger partial charge in [-0.15, -0.1) is 0 Å². The molecule has 0 spiro atoms. The Kier molecular flexibility index (Phi) is 14.5. The van der Waals surface area contributed by atoms with Gasteiger partial charge in [0.2, 0.25) is 9.84 Å². The van der Waals surface area contributed by atoms with Gasteiger partial charge in [-0.2, -0.15) is 0 Å².